The number of benzene rings is 2. The number of imidazole rings is 1. The van der Waals surface area contributed by atoms with E-state index in [-0.39, 0.29) is 22.9 Å². The molecule has 7 nitrogen and oxygen atoms in total. The first kappa shape index (κ1) is 18.1. The monoisotopic (exact) mass is 373 g/mol. The summed E-state index contributed by atoms with van der Waals surface area (Å²) in [6, 6.07) is 13.3. The summed E-state index contributed by atoms with van der Waals surface area (Å²) < 4.78 is 28.8. The highest BCUT2D eigenvalue weighted by Gasteiger charge is 2.15. The molecule has 1 aromatic heterocycles. The van der Waals surface area contributed by atoms with Crippen LogP contribution >= 0.6 is 0 Å². The summed E-state index contributed by atoms with van der Waals surface area (Å²) in [6.45, 7) is 1.95. The predicted octanol–water partition coefficient (Wildman–Crippen LogP) is 1.90. The van der Waals surface area contributed by atoms with Crippen LogP contribution in [-0.2, 0) is 16.6 Å². The van der Waals surface area contributed by atoms with Crippen LogP contribution in [0.5, 0.6) is 0 Å². The number of para-hydroxylation sites is 2. The summed E-state index contributed by atoms with van der Waals surface area (Å²) in [5, 5.41) is 0. The van der Waals surface area contributed by atoms with Gasteiger partial charge in [-0.05, 0) is 37.6 Å². The predicted molar refractivity (Wildman–Crippen MR) is 98.8 cm³/mol. The average Bonchev–Trinajstić information content (AvgIpc) is 2.94. The lowest BCUT2D eigenvalue weighted by molar-refractivity contribution is 0.101. The largest absolute Gasteiger partial charge is 0.326 e. The van der Waals surface area contributed by atoms with Crippen LogP contribution in [0.3, 0.4) is 0 Å². The first-order chi connectivity index (χ1) is 12.4. The first-order valence-electron chi connectivity index (χ1n) is 8.17. The Morgan fingerprint density at radius 1 is 1.15 bits per heavy atom. The number of aromatic amines is 1. The summed E-state index contributed by atoms with van der Waals surface area (Å²) >= 11 is 0. The first-order valence-corrected chi connectivity index (χ1v) is 9.65. The number of hydrogen-bond donors (Lipinski definition) is 2. The number of ketones is 1. The third kappa shape index (κ3) is 3.76. The molecule has 3 aromatic rings. The fourth-order valence-electron chi connectivity index (χ4n) is 2.74. The zero-order chi connectivity index (χ0) is 18.7. The molecule has 0 unspecified atom stereocenters. The van der Waals surface area contributed by atoms with Crippen LogP contribution in [-0.4, -0.2) is 30.3 Å². The van der Waals surface area contributed by atoms with E-state index < -0.39 is 10.0 Å². The summed E-state index contributed by atoms with van der Waals surface area (Å²) in [4.78, 5) is 26.2. The van der Waals surface area contributed by atoms with Gasteiger partial charge < -0.3 is 4.98 Å². The number of carbonyl (C=O) groups is 1. The molecule has 0 aliphatic carbocycles. The summed E-state index contributed by atoms with van der Waals surface area (Å²) in [5.41, 5.74) is 1.66. The summed E-state index contributed by atoms with van der Waals surface area (Å²) in [5.74, 6) is -0.194. The third-order valence-electron chi connectivity index (χ3n) is 4.08. The van der Waals surface area contributed by atoms with E-state index in [0.29, 0.717) is 18.5 Å². The van der Waals surface area contributed by atoms with E-state index in [1.165, 1.54) is 25.1 Å². The van der Waals surface area contributed by atoms with Gasteiger partial charge in [-0.25, -0.2) is 17.9 Å². The lowest BCUT2D eigenvalue weighted by Crippen LogP contribution is -2.27. The highest BCUT2D eigenvalue weighted by atomic mass is 32.2. The van der Waals surface area contributed by atoms with Crippen LogP contribution in [0.2, 0.25) is 0 Å². The lowest BCUT2D eigenvalue weighted by atomic mass is 10.2. The molecule has 8 heteroatoms. The van der Waals surface area contributed by atoms with Crippen molar-refractivity contribution in [2.45, 2.75) is 24.8 Å². The standard InChI is InChI=1S/C18H19N3O4S/c1-13(22)14-6-4-7-15(12-14)26(24,25)19-10-5-11-21-17-9-3-2-8-16(17)20-18(21)23/h2-4,6-9,12,19H,5,10-11H2,1H3,(H,20,23). The van der Waals surface area contributed by atoms with Gasteiger partial charge in [0.1, 0.15) is 0 Å². The maximum atomic E-state index is 12.4. The zero-order valence-corrected chi connectivity index (χ0v) is 15.0. The maximum Gasteiger partial charge on any atom is 0.326 e. The van der Waals surface area contributed by atoms with E-state index >= 15 is 0 Å². The van der Waals surface area contributed by atoms with Crippen molar-refractivity contribution in [1.82, 2.24) is 14.3 Å². The van der Waals surface area contributed by atoms with Gasteiger partial charge in [0.25, 0.3) is 0 Å². The second kappa shape index (κ2) is 7.27. The smallest absolute Gasteiger partial charge is 0.306 e. The van der Waals surface area contributed by atoms with Crippen molar-refractivity contribution in [3.63, 3.8) is 0 Å². The van der Waals surface area contributed by atoms with Gasteiger partial charge in [0.2, 0.25) is 10.0 Å². The van der Waals surface area contributed by atoms with Crippen molar-refractivity contribution in [3.8, 4) is 0 Å². The van der Waals surface area contributed by atoms with Crippen LogP contribution in [0.15, 0.2) is 58.2 Å². The number of Topliss-reactive ketones (excluding diaryl/α,β-unsaturated/α-hetero) is 1. The number of fused-ring (bicyclic) bond motifs is 1. The van der Waals surface area contributed by atoms with E-state index in [4.69, 9.17) is 0 Å². The fraction of sp³-hybridized carbons (Fsp3) is 0.222. The molecule has 26 heavy (non-hydrogen) atoms. The molecule has 136 valence electrons. The maximum absolute atomic E-state index is 12.4. The van der Waals surface area contributed by atoms with Gasteiger partial charge in [0, 0.05) is 18.7 Å². The molecule has 0 saturated carbocycles. The molecule has 0 bridgehead atoms. The Hall–Kier alpha value is -2.71. The molecule has 2 N–H and O–H groups in total. The molecule has 2 aromatic carbocycles. The van der Waals surface area contributed by atoms with Crippen molar-refractivity contribution in [1.29, 1.82) is 0 Å². The topological polar surface area (TPSA) is 101 Å². The number of nitrogens with zero attached hydrogens (tertiary/aromatic N) is 1. The molecule has 1 heterocycles. The molecule has 0 spiro atoms. The van der Waals surface area contributed by atoms with Crippen molar-refractivity contribution in [2.24, 2.45) is 0 Å². The number of nitrogens with one attached hydrogen (secondary N) is 2. The van der Waals surface area contributed by atoms with Crippen molar-refractivity contribution in [2.75, 3.05) is 6.54 Å². The molecule has 0 aliphatic heterocycles. The van der Waals surface area contributed by atoms with Gasteiger partial charge in [-0.3, -0.25) is 9.36 Å². The minimum absolute atomic E-state index is 0.0504. The molecular weight excluding hydrogens is 354 g/mol. The highest BCUT2D eigenvalue weighted by molar-refractivity contribution is 7.89. The van der Waals surface area contributed by atoms with Gasteiger partial charge in [0.05, 0.1) is 15.9 Å². The summed E-state index contributed by atoms with van der Waals surface area (Å²) in [7, 11) is -3.71. The molecule has 0 atom stereocenters. The molecule has 0 aliphatic rings. The molecule has 0 radical (unpaired) electrons. The summed E-state index contributed by atoms with van der Waals surface area (Å²) in [6.07, 6.45) is 0.452. The van der Waals surface area contributed by atoms with E-state index in [1.54, 1.807) is 10.6 Å². The Balaban J connectivity index is 1.66. The highest BCUT2D eigenvalue weighted by Crippen LogP contribution is 2.12. The van der Waals surface area contributed by atoms with E-state index in [9.17, 15) is 18.0 Å². The Morgan fingerprint density at radius 2 is 1.92 bits per heavy atom. The van der Waals surface area contributed by atoms with Gasteiger partial charge in [-0.2, -0.15) is 0 Å². The molecule has 0 fully saturated rings. The van der Waals surface area contributed by atoms with E-state index in [2.05, 4.69) is 9.71 Å². The van der Waals surface area contributed by atoms with Gasteiger partial charge in [-0.15, -0.1) is 0 Å². The van der Waals surface area contributed by atoms with Crippen molar-refractivity contribution < 1.29 is 13.2 Å². The molecule has 3 rings (SSSR count). The van der Waals surface area contributed by atoms with Crippen LogP contribution in [0.4, 0.5) is 0 Å². The third-order valence-corrected chi connectivity index (χ3v) is 5.54. The Morgan fingerprint density at radius 3 is 2.69 bits per heavy atom. The van der Waals surface area contributed by atoms with E-state index in [0.717, 1.165) is 11.0 Å². The minimum Gasteiger partial charge on any atom is -0.306 e. The normalized spacial score (nSPS) is 11.7. The zero-order valence-electron chi connectivity index (χ0n) is 14.2. The van der Waals surface area contributed by atoms with Crippen LogP contribution in [0.1, 0.15) is 23.7 Å². The minimum atomic E-state index is -3.71. The molecule has 0 saturated heterocycles. The molecular formula is C18H19N3O4S. The quantitative estimate of drug-likeness (QED) is 0.488. The number of rotatable bonds is 7. The number of carbonyl (C=O) groups excluding carboxylic acids is 1. The average molecular weight is 373 g/mol. The molecule has 0 amide bonds. The van der Waals surface area contributed by atoms with Crippen LogP contribution in [0, 0.1) is 0 Å². The fourth-order valence-corrected chi connectivity index (χ4v) is 3.86. The van der Waals surface area contributed by atoms with Gasteiger partial charge in [0.15, 0.2) is 5.78 Å². The SMILES string of the molecule is CC(=O)c1cccc(S(=O)(=O)NCCCn2c(=O)[nH]c3ccccc32)c1. The number of H-pyrrole nitrogens is 1. The second-order valence-electron chi connectivity index (χ2n) is 5.93. The Bertz CT molecular complexity index is 1110. The van der Waals surface area contributed by atoms with Gasteiger partial charge >= 0.3 is 5.69 Å². The van der Waals surface area contributed by atoms with Gasteiger partial charge in [-0.1, -0.05) is 24.3 Å². The lowest BCUT2D eigenvalue weighted by Gasteiger charge is -2.08. The number of aromatic nitrogens is 2. The van der Waals surface area contributed by atoms with E-state index in [1.807, 2.05) is 24.3 Å². The number of aryl methyl sites for hydroxylation is 1. The Labute approximate surface area is 150 Å². The van der Waals surface area contributed by atoms with Crippen LogP contribution in [0.25, 0.3) is 11.0 Å². The number of hydrogen-bond acceptors (Lipinski definition) is 4. The van der Waals surface area contributed by atoms with Crippen molar-refractivity contribution >= 4 is 26.8 Å². The van der Waals surface area contributed by atoms with Crippen molar-refractivity contribution in [3.05, 3.63) is 64.6 Å². The Kier molecular flexibility index (Phi) is 5.06. The van der Waals surface area contributed by atoms with Crippen LogP contribution < -0.4 is 10.4 Å². The number of sulfonamides is 1. The second-order valence-corrected chi connectivity index (χ2v) is 7.70.